The zero-order valence-electron chi connectivity index (χ0n) is 5.72. The number of hydrogen-bond donors (Lipinski definition) is 1. The SMILES string of the molecule is CC1(C)CCN1C(=O)O. The highest BCUT2D eigenvalue weighted by Gasteiger charge is 2.39. The molecule has 1 N–H and O–H groups in total. The van der Waals surface area contributed by atoms with Gasteiger partial charge in [-0.25, -0.2) is 4.79 Å². The Labute approximate surface area is 54.3 Å². The Bertz CT molecular complexity index is 142. The predicted octanol–water partition coefficient (Wildman–Crippen LogP) is 1.15. The van der Waals surface area contributed by atoms with Crippen LogP contribution in [0.25, 0.3) is 0 Å². The van der Waals surface area contributed by atoms with E-state index in [0.717, 1.165) is 6.42 Å². The van der Waals surface area contributed by atoms with Crippen LogP contribution >= 0.6 is 0 Å². The molecule has 1 aliphatic heterocycles. The molecule has 1 aliphatic rings. The topological polar surface area (TPSA) is 40.5 Å². The summed E-state index contributed by atoms with van der Waals surface area (Å²) in [5, 5.41) is 8.49. The number of nitrogens with zero attached hydrogens (tertiary/aromatic N) is 1. The van der Waals surface area contributed by atoms with Gasteiger partial charge >= 0.3 is 6.09 Å². The first-order valence-electron chi connectivity index (χ1n) is 3.04. The Kier molecular flexibility index (Phi) is 1.15. The molecule has 3 heteroatoms. The highest BCUT2D eigenvalue weighted by molar-refractivity contribution is 5.67. The Hall–Kier alpha value is -0.730. The minimum absolute atomic E-state index is 0.105. The molecule has 1 saturated heterocycles. The summed E-state index contributed by atoms with van der Waals surface area (Å²) in [6.07, 6.45) is 0.186. The van der Waals surface area contributed by atoms with Gasteiger partial charge in [-0.15, -0.1) is 0 Å². The van der Waals surface area contributed by atoms with E-state index in [4.69, 9.17) is 5.11 Å². The molecule has 0 atom stereocenters. The average Bonchev–Trinajstić information content (AvgIpc) is 1.62. The van der Waals surface area contributed by atoms with Gasteiger partial charge in [-0.2, -0.15) is 0 Å². The molecule has 1 amide bonds. The summed E-state index contributed by atoms with van der Waals surface area (Å²) in [5.74, 6) is 0. The van der Waals surface area contributed by atoms with Gasteiger partial charge in [-0.3, -0.25) is 0 Å². The second-order valence-corrected chi connectivity index (χ2v) is 3.00. The molecule has 1 heterocycles. The molecular formula is C6H11NO2. The van der Waals surface area contributed by atoms with Crippen LogP contribution in [0.3, 0.4) is 0 Å². The number of carboxylic acid groups (broad SMARTS) is 1. The fourth-order valence-electron chi connectivity index (χ4n) is 1.03. The molecule has 0 saturated carbocycles. The molecule has 1 fully saturated rings. The summed E-state index contributed by atoms with van der Waals surface area (Å²) in [6, 6.07) is 0. The number of likely N-dealkylation sites (tertiary alicyclic amines) is 1. The fourth-order valence-corrected chi connectivity index (χ4v) is 1.03. The van der Waals surface area contributed by atoms with Gasteiger partial charge in [0.05, 0.1) is 0 Å². The summed E-state index contributed by atoms with van der Waals surface area (Å²) in [6.45, 7) is 4.57. The molecule has 0 radical (unpaired) electrons. The van der Waals surface area contributed by atoms with Crippen molar-refractivity contribution in [2.75, 3.05) is 6.54 Å². The molecule has 0 aromatic rings. The zero-order chi connectivity index (χ0) is 7.07. The first-order valence-corrected chi connectivity index (χ1v) is 3.04. The lowest BCUT2D eigenvalue weighted by Gasteiger charge is -2.46. The molecule has 3 nitrogen and oxygen atoms in total. The highest BCUT2D eigenvalue weighted by atomic mass is 16.4. The van der Waals surface area contributed by atoms with E-state index < -0.39 is 6.09 Å². The van der Waals surface area contributed by atoms with E-state index >= 15 is 0 Å². The van der Waals surface area contributed by atoms with E-state index in [1.165, 1.54) is 4.90 Å². The minimum Gasteiger partial charge on any atom is -0.465 e. The van der Waals surface area contributed by atoms with E-state index in [1.54, 1.807) is 0 Å². The second-order valence-electron chi connectivity index (χ2n) is 3.00. The van der Waals surface area contributed by atoms with Crippen LogP contribution in [0.15, 0.2) is 0 Å². The van der Waals surface area contributed by atoms with Crippen molar-refractivity contribution in [2.24, 2.45) is 0 Å². The zero-order valence-corrected chi connectivity index (χ0v) is 5.72. The van der Waals surface area contributed by atoms with Crippen molar-refractivity contribution in [1.29, 1.82) is 0 Å². The third kappa shape index (κ3) is 0.866. The molecule has 0 aromatic carbocycles. The van der Waals surface area contributed by atoms with E-state index in [1.807, 2.05) is 13.8 Å². The van der Waals surface area contributed by atoms with Crippen molar-refractivity contribution < 1.29 is 9.90 Å². The smallest absolute Gasteiger partial charge is 0.407 e. The molecule has 0 spiro atoms. The average molecular weight is 129 g/mol. The van der Waals surface area contributed by atoms with Gasteiger partial charge in [0.25, 0.3) is 0 Å². The van der Waals surface area contributed by atoms with Gasteiger partial charge in [0, 0.05) is 12.1 Å². The molecule has 52 valence electrons. The van der Waals surface area contributed by atoms with Crippen LogP contribution in [0.4, 0.5) is 4.79 Å². The van der Waals surface area contributed by atoms with Gasteiger partial charge in [0.15, 0.2) is 0 Å². The van der Waals surface area contributed by atoms with Crippen molar-refractivity contribution in [2.45, 2.75) is 25.8 Å². The number of carbonyl (C=O) groups is 1. The van der Waals surface area contributed by atoms with Crippen LogP contribution in [0.5, 0.6) is 0 Å². The molecular weight excluding hydrogens is 118 g/mol. The van der Waals surface area contributed by atoms with Gasteiger partial charge in [-0.05, 0) is 20.3 Å². The maximum Gasteiger partial charge on any atom is 0.407 e. The third-order valence-corrected chi connectivity index (χ3v) is 1.91. The Morgan fingerprint density at radius 2 is 2.22 bits per heavy atom. The lowest BCUT2D eigenvalue weighted by molar-refractivity contribution is 0.0250. The highest BCUT2D eigenvalue weighted by Crippen LogP contribution is 2.28. The molecule has 0 aromatic heterocycles. The van der Waals surface area contributed by atoms with Crippen molar-refractivity contribution in [3.8, 4) is 0 Å². The van der Waals surface area contributed by atoms with E-state index in [0.29, 0.717) is 6.54 Å². The molecule has 0 unspecified atom stereocenters. The Morgan fingerprint density at radius 3 is 2.22 bits per heavy atom. The third-order valence-electron chi connectivity index (χ3n) is 1.91. The standard InChI is InChI=1S/C6H11NO2/c1-6(2)3-4-7(6)5(8)9/h3-4H2,1-2H3,(H,8,9). The lowest BCUT2D eigenvalue weighted by atomic mass is 9.90. The summed E-state index contributed by atoms with van der Waals surface area (Å²) < 4.78 is 0. The van der Waals surface area contributed by atoms with Gasteiger partial charge in [-0.1, -0.05) is 0 Å². The van der Waals surface area contributed by atoms with Crippen LogP contribution in [0.1, 0.15) is 20.3 Å². The summed E-state index contributed by atoms with van der Waals surface area (Å²) in [4.78, 5) is 11.8. The van der Waals surface area contributed by atoms with Gasteiger partial charge < -0.3 is 10.0 Å². The largest absolute Gasteiger partial charge is 0.465 e. The van der Waals surface area contributed by atoms with Gasteiger partial charge in [0.1, 0.15) is 0 Å². The first-order chi connectivity index (χ1) is 4.04. The molecule has 1 rings (SSSR count). The summed E-state index contributed by atoms with van der Waals surface area (Å²) in [5.41, 5.74) is -0.105. The number of hydrogen-bond acceptors (Lipinski definition) is 1. The molecule has 0 aliphatic carbocycles. The second kappa shape index (κ2) is 1.62. The van der Waals surface area contributed by atoms with Crippen LogP contribution in [-0.2, 0) is 0 Å². The van der Waals surface area contributed by atoms with E-state index in [2.05, 4.69) is 0 Å². The van der Waals surface area contributed by atoms with Crippen LogP contribution in [-0.4, -0.2) is 28.2 Å². The van der Waals surface area contributed by atoms with Crippen LogP contribution in [0.2, 0.25) is 0 Å². The fraction of sp³-hybridized carbons (Fsp3) is 0.833. The van der Waals surface area contributed by atoms with Crippen LogP contribution in [0, 0.1) is 0 Å². The predicted molar refractivity (Wildman–Crippen MR) is 33.4 cm³/mol. The maximum atomic E-state index is 10.3. The Balaban J connectivity index is 2.55. The van der Waals surface area contributed by atoms with Crippen molar-refractivity contribution in [3.63, 3.8) is 0 Å². The monoisotopic (exact) mass is 129 g/mol. The van der Waals surface area contributed by atoms with Crippen molar-refractivity contribution >= 4 is 6.09 Å². The normalized spacial score (nSPS) is 23.1. The Morgan fingerprint density at radius 1 is 1.67 bits per heavy atom. The maximum absolute atomic E-state index is 10.3. The number of amides is 1. The van der Waals surface area contributed by atoms with Crippen molar-refractivity contribution in [3.05, 3.63) is 0 Å². The van der Waals surface area contributed by atoms with Gasteiger partial charge in [0.2, 0.25) is 0 Å². The summed E-state index contributed by atoms with van der Waals surface area (Å²) in [7, 11) is 0. The molecule has 9 heavy (non-hydrogen) atoms. The van der Waals surface area contributed by atoms with E-state index in [-0.39, 0.29) is 5.54 Å². The lowest BCUT2D eigenvalue weighted by Crippen LogP contribution is -2.57. The quantitative estimate of drug-likeness (QED) is 0.533. The van der Waals surface area contributed by atoms with Crippen LogP contribution < -0.4 is 0 Å². The minimum atomic E-state index is -0.800. The van der Waals surface area contributed by atoms with Crippen molar-refractivity contribution in [1.82, 2.24) is 4.90 Å². The molecule has 0 bridgehead atoms. The summed E-state index contributed by atoms with van der Waals surface area (Å²) >= 11 is 0. The van der Waals surface area contributed by atoms with E-state index in [9.17, 15) is 4.79 Å². The first kappa shape index (κ1) is 6.39. The number of rotatable bonds is 0.